The molecule has 6 heteroatoms. The molecule has 3 rings (SSSR count). The number of benzene rings is 1. The van der Waals surface area contributed by atoms with Crippen LogP contribution in [-0.2, 0) is 11.2 Å². The van der Waals surface area contributed by atoms with E-state index in [2.05, 4.69) is 16.0 Å². The Morgan fingerprint density at radius 3 is 2.64 bits per heavy atom. The summed E-state index contributed by atoms with van der Waals surface area (Å²) in [6.07, 6.45) is 4.49. The lowest BCUT2D eigenvalue weighted by Gasteiger charge is -2.27. The lowest BCUT2D eigenvalue weighted by molar-refractivity contribution is -0.117. The van der Waals surface area contributed by atoms with Gasteiger partial charge in [0.2, 0.25) is 5.91 Å². The number of nitrogens with two attached hydrogens (primary N) is 1. The summed E-state index contributed by atoms with van der Waals surface area (Å²) in [5, 5.41) is 0. The molecule has 0 saturated carbocycles. The molecule has 22 heavy (non-hydrogen) atoms. The van der Waals surface area contributed by atoms with Crippen LogP contribution in [0.2, 0.25) is 0 Å². The van der Waals surface area contributed by atoms with Crippen LogP contribution >= 0.6 is 24.0 Å². The van der Waals surface area contributed by atoms with Gasteiger partial charge < -0.3 is 15.5 Å². The highest BCUT2D eigenvalue weighted by atomic mass is 127. The van der Waals surface area contributed by atoms with E-state index in [1.54, 1.807) is 0 Å². The smallest absolute Gasteiger partial charge is 0.248 e. The first-order chi connectivity index (χ1) is 10.3. The number of amides is 1. The molecule has 0 aliphatic carbocycles. The number of guanidine groups is 1. The van der Waals surface area contributed by atoms with E-state index < -0.39 is 0 Å². The van der Waals surface area contributed by atoms with Crippen molar-refractivity contribution in [2.45, 2.75) is 25.7 Å². The minimum Gasteiger partial charge on any atom is -0.370 e. The number of likely N-dealkylation sites (tertiary alicyclic amines) is 1. The molecule has 0 spiro atoms. The highest BCUT2D eigenvalue weighted by Crippen LogP contribution is 2.27. The van der Waals surface area contributed by atoms with E-state index in [0.29, 0.717) is 5.96 Å². The average molecular weight is 414 g/mol. The van der Waals surface area contributed by atoms with Crippen molar-refractivity contribution in [3.63, 3.8) is 0 Å². The number of aliphatic imine (C=N–C) groups is 1. The Labute approximate surface area is 148 Å². The van der Waals surface area contributed by atoms with Crippen molar-refractivity contribution in [3.05, 3.63) is 29.8 Å². The van der Waals surface area contributed by atoms with Crippen LogP contribution in [-0.4, -0.2) is 42.9 Å². The number of hydrogen-bond donors (Lipinski definition) is 1. The maximum Gasteiger partial charge on any atom is 0.248 e. The monoisotopic (exact) mass is 414 g/mol. The standard InChI is InChI=1S/C16H22N4O.HI/c17-16(19-9-4-1-5-10-19)18-12-15(21)20-11-8-13-6-2-3-7-14(13)20;/h2-3,6-7H,1,4-5,8-12H2,(H2,17,18);1H. The van der Waals surface area contributed by atoms with Crippen molar-refractivity contribution in [2.24, 2.45) is 10.7 Å². The summed E-state index contributed by atoms with van der Waals surface area (Å²) >= 11 is 0. The number of fused-ring (bicyclic) bond motifs is 1. The van der Waals surface area contributed by atoms with Crippen LogP contribution in [0.4, 0.5) is 5.69 Å². The molecule has 5 nitrogen and oxygen atoms in total. The molecule has 0 bridgehead atoms. The predicted octanol–water partition coefficient (Wildman–Crippen LogP) is 1.99. The maximum absolute atomic E-state index is 12.3. The Balaban J connectivity index is 0.00000176. The lowest BCUT2D eigenvalue weighted by Crippen LogP contribution is -2.41. The van der Waals surface area contributed by atoms with Gasteiger partial charge in [-0.2, -0.15) is 0 Å². The van der Waals surface area contributed by atoms with Crippen LogP contribution in [0.5, 0.6) is 0 Å². The Kier molecular flexibility index (Phi) is 6.05. The third-order valence-electron chi connectivity index (χ3n) is 4.24. The molecule has 1 aromatic carbocycles. The second-order valence-corrected chi connectivity index (χ2v) is 5.65. The molecule has 2 heterocycles. The summed E-state index contributed by atoms with van der Waals surface area (Å²) in [6, 6.07) is 8.06. The zero-order valence-electron chi connectivity index (χ0n) is 12.7. The first kappa shape index (κ1) is 17.1. The number of carbonyl (C=O) groups is 1. The minimum absolute atomic E-state index is 0. The molecule has 1 fully saturated rings. The molecule has 0 aromatic heterocycles. The Morgan fingerprint density at radius 2 is 1.86 bits per heavy atom. The molecule has 0 atom stereocenters. The molecule has 1 saturated heterocycles. The van der Waals surface area contributed by atoms with Gasteiger partial charge >= 0.3 is 0 Å². The summed E-state index contributed by atoms with van der Waals surface area (Å²) in [5.41, 5.74) is 8.25. The van der Waals surface area contributed by atoms with Gasteiger partial charge in [-0.1, -0.05) is 18.2 Å². The number of hydrogen-bond acceptors (Lipinski definition) is 2. The second kappa shape index (κ2) is 7.80. The van der Waals surface area contributed by atoms with Crippen LogP contribution in [0.15, 0.2) is 29.3 Å². The van der Waals surface area contributed by atoms with Crippen LogP contribution in [0.3, 0.4) is 0 Å². The van der Waals surface area contributed by atoms with Crippen molar-refractivity contribution in [1.29, 1.82) is 0 Å². The van der Waals surface area contributed by atoms with Gasteiger partial charge in [-0.05, 0) is 37.3 Å². The van der Waals surface area contributed by atoms with E-state index in [4.69, 9.17) is 5.73 Å². The Hall–Kier alpha value is -1.31. The van der Waals surface area contributed by atoms with Gasteiger partial charge in [0, 0.05) is 25.3 Å². The predicted molar refractivity (Wildman–Crippen MR) is 99.8 cm³/mol. The van der Waals surface area contributed by atoms with Gasteiger partial charge in [0.15, 0.2) is 5.96 Å². The zero-order valence-corrected chi connectivity index (χ0v) is 15.0. The number of anilines is 1. The van der Waals surface area contributed by atoms with Gasteiger partial charge in [-0.15, -0.1) is 24.0 Å². The minimum atomic E-state index is 0. The summed E-state index contributed by atoms with van der Waals surface area (Å²) < 4.78 is 0. The fourth-order valence-electron chi connectivity index (χ4n) is 3.05. The third-order valence-corrected chi connectivity index (χ3v) is 4.24. The SMILES string of the molecule is I.NC(=NCC(=O)N1CCc2ccccc21)N1CCCCC1. The fraction of sp³-hybridized carbons (Fsp3) is 0.500. The summed E-state index contributed by atoms with van der Waals surface area (Å²) in [7, 11) is 0. The van der Waals surface area contributed by atoms with Gasteiger partial charge in [-0.25, -0.2) is 4.99 Å². The van der Waals surface area contributed by atoms with Gasteiger partial charge in [0.1, 0.15) is 6.54 Å². The van der Waals surface area contributed by atoms with E-state index in [1.807, 2.05) is 23.1 Å². The summed E-state index contributed by atoms with van der Waals surface area (Å²) in [5.74, 6) is 0.537. The molecular formula is C16H23IN4O. The molecule has 1 amide bonds. The van der Waals surface area contributed by atoms with Crippen molar-refractivity contribution in [3.8, 4) is 0 Å². The molecule has 2 aliphatic heterocycles. The van der Waals surface area contributed by atoms with E-state index in [0.717, 1.165) is 44.6 Å². The second-order valence-electron chi connectivity index (χ2n) is 5.65. The van der Waals surface area contributed by atoms with Crippen LogP contribution in [0.1, 0.15) is 24.8 Å². The van der Waals surface area contributed by atoms with Crippen LogP contribution in [0, 0.1) is 0 Å². The van der Waals surface area contributed by atoms with Gasteiger partial charge in [0.25, 0.3) is 0 Å². The molecule has 0 radical (unpaired) electrons. The van der Waals surface area contributed by atoms with Gasteiger partial charge in [0.05, 0.1) is 0 Å². The Bertz CT molecular complexity index is 555. The largest absolute Gasteiger partial charge is 0.370 e. The Morgan fingerprint density at radius 1 is 1.14 bits per heavy atom. The fourth-order valence-corrected chi connectivity index (χ4v) is 3.05. The molecule has 2 N–H and O–H groups in total. The molecule has 120 valence electrons. The highest BCUT2D eigenvalue weighted by molar-refractivity contribution is 14.0. The molecule has 1 aromatic rings. The number of carbonyl (C=O) groups excluding carboxylic acids is 1. The number of para-hydroxylation sites is 1. The normalized spacial score (nSPS) is 17.9. The van der Waals surface area contributed by atoms with E-state index in [-0.39, 0.29) is 36.4 Å². The van der Waals surface area contributed by atoms with E-state index in [9.17, 15) is 4.79 Å². The van der Waals surface area contributed by atoms with Crippen LogP contribution in [0.25, 0.3) is 0 Å². The van der Waals surface area contributed by atoms with Crippen molar-refractivity contribution in [1.82, 2.24) is 4.90 Å². The zero-order chi connectivity index (χ0) is 14.7. The van der Waals surface area contributed by atoms with Crippen molar-refractivity contribution >= 4 is 41.5 Å². The number of rotatable bonds is 2. The topological polar surface area (TPSA) is 61.9 Å². The first-order valence-corrected chi connectivity index (χ1v) is 7.69. The third kappa shape index (κ3) is 3.71. The number of nitrogens with zero attached hydrogens (tertiary/aromatic N) is 3. The summed E-state index contributed by atoms with van der Waals surface area (Å²) in [6.45, 7) is 2.79. The van der Waals surface area contributed by atoms with Crippen molar-refractivity contribution in [2.75, 3.05) is 31.1 Å². The van der Waals surface area contributed by atoms with E-state index >= 15 is 0 Å². The highest BCUT2D eigenvalue weighted by Gasteiger charge is 2.23. The molecule has 0 unspecified atom stereocenters. The molecule has 2 aliphatic rings. The number of piperidine rings is 1. The maximum atomic E-state index is 12.3. The average Bonchev–Trinajstić information content (AvgIpc) is 2.97. The van der Waals surface area contributed by atoms with E-state index in [1.165, 1.54) is 12.0 Å². The lowest BCUT2D eigenvalue weighted by atomic mass is 10.1. The quantitative estimate of drug-likeness (QED) is 0.458. The molecular weight excluding hydrogens is 391 g/mol. The van der Waals surface area contributed by atoms with Crippen molar-refractivity contribution < 1.29 is 4.79 Å². The van der Waals surface area contributed by atoms with Gasteiger partial charge in [-0.3, -0.25) is 4.79 Å². The number of halogens is 1. The first-order valence-electron chi connectivity index (χ1n) is 7.69. The summed E-state index contributed by atoms with van der Waals surface area (Å²) in [4.78, 5) is 20.5. The van der Waals surface area contributed by atoms with Crippen LogP contribution < -0.4 is 10.6 Å².